The van der Waals surface area contributed by atoms with Crippen molar-refractivity contribution >= 4 is 11.6 Å². The highest BCUT2D eigenvalue weighted by atomic mass is 16.4. The molecule has 1 heterocycles. The Morgan fingerprint density at radius 1 is 0.870 bits per heavy atom. The fourth-order valence-electron chi connectivity index (χ4n) is 2.29. The molecular weight excluding hydrogens is 290 g/mol. The van der Waals surface area contributed by atoms with Crippen molar-refractivity contribution in [2.24, 2.45) is 0 Å². The molecule has 0 N–H and O–H groups in total. The van der Waals surface area contributed by atoms with Crippen LogP contribution in [0.1, 0.15) is 15.9 Å². The molecule has 1 aromatic heterocycles. The predicted molar refractivity (Wildman–Crippen MR) is 88.4 cm³/mol. The summed E-state index contributed by atoms with van der Waals surface area (Å²) in [5, 5.41) is 0. The second-order valence-electron chi connectivity index (χ2n) is 5.06. The van der Waals surface area contributed by atoms with Gasteiger partial charge >= 0.3 is 5.63 Å². The average molecular weight is 305 g/mol. The summed E-state index contributed by atoms with van der Waals surface area (Å²) in [7, 11) is 0. The van der Waals surface area contributed by atoms with Gasteiger partial charge in [0.25, 0.3) is 5.91 Å². The molecule has 0 unspecified atom stereocenters. The fraction of sp³-hybridized carbons (Fsp3) is 0.0526. The third-order valence-electron chi connectivity index (χ3n) is 3.44. The van der Waals surface area contributed by atoms with Gasteiger partial charge in [0, 0.05) is 11.8 Å². The van der Waals surface area contributed by atoms with Crippen LogP contribution in [0.5, 0.6) is 0 Å². The number of hydrogen-bond donors (Lipinski definition) is 0. The average Bonchev–Trinajstić information content (AvgIpc) is 2.61. The van der Waals surface area contributed by atoms with Gasteiger partial charge in [0.15, 0.2) is 0 Å². The number of carbonyl (C=O) groups excluding carboxylic acids is 1. The molecule has 3 aromatic rings. The topological polar surface area (TPSA) is 50.5 Å². The molecule has 0 atom stereocenters. The van der Waals surface area contributed by atoms with Crippen molar-refractivity contribution in [2.75, 3.05) is 4.90 Å². The number of rotatable bonds is 4. The van der Waals surface area contributed by atoms with Crippen molar-refractivity contribution in [2.45, 2.75) is 6.54 Å². The number of benzene rings is 2. The maximum Gasteiger partial charge on any atom is 0.335 e. The van der Waals surface area contributed by atoms with Crippen LogP contribution in [-0.2, 0) is 6.54 Å². The van der Waals surface area contributed by atoms with Crippen molar-refractivity contribution in [3.63, 3.8) is 0 Å². The first-order chi connectivity index (χ1) is 11.2. The molecule has 1 amide bonds. The summed E-state index contributed by atoms with van der Waals surface area (Å²) in [5.41, 5.74) is 1.66. The molecule has 0 spiro atoms. The van der Waals surface area contributed by atoms with E-state index in [0.29, 0.717) is 12.1 Å². The summed E-state index contributed by atoms with van der Waals surface area (Å²) in [5.74, 6) is -0.219. The Morgan fingerprint density at radius 3 is 2.13 bits per heavy atom. The Balaban J connectivity index is 1.96. The van der Waals surface area contributed by atoms with Crippen LogP contribution in [0, 0.1) is 0 Å². The van der Waals surface area contributed by atoms with Crippen molar-refractivity contribution < 1.29 is 9.21 Å². The van der Waals surface area contributed by atoms with E-state index in [1.165, 1.54) is 18.4 Å². The number of nitrogens with zero attached hydrogens (tertiary/aromatic N) is 1. The highest BCUT2D eigenvalue weighted by molar-refractivity contribution is 6.05. The van der Waals surface area contributed by atoms with Crippen LogP contribution in [0.3, 0.4) is 0 Å². The van der Waals surface area contributed by atoms with E-state index in [4.69, 9.17) is 4.42 Å². The molecule has 23 heavy (non-hydrogen) atoms. The highest BCUT2D eigenvalue weighted by Crippen LogP contribution is 2.19. The van der Waals surface area contributed by atoms with Gasteiger partial charge in [-0.2, -0.15) is 0 Å². The van der Waals surface area contributed by atoms with Crippen molar-refractivity contribution in [1.82, 2.24) is 0 Å². The quantitative estimate of drug-likeness (QED) is 0.741. The summed E-state index contributed by atoms with van der Waals surface area (Å²) in [6.45, 7) is 0.433. The van der Waals surface area contributed by atoms with Gasteiger partial charge in [-0.1, -0.05) is 48.5 Å². The number of amides is 1. The van der Waals surface area contributed by atoms with Crippen LogP contribution in [0.25, 0.3) is 0 Å². The molecule has 0 bridgehead atoms. The molecule has 114 valence electrons. The molecule has 2 aromatic carbocycles. The number of carbonyl (C=O) groups is 1. The maximum absolute atomic E-state index is 12.8. The first kappa shape index (κ1) is 14.8. The molecule has 4 nitrogen and oxygen atoms in total. The number of hydrogen-bond acceptors (Lipinski definition) is 3. The zero-order valence-corrected chi connectivity index (χ0v) is 12.4. The van der Waals surface area contributed by atoms with E-state index in [9.17, 15) is 9.59 Å². The number of para-hydroxylation sites is 1. The lowest BCUT2D eigenvalue weighted by Crippen LogP contribution is -2.30. The Morgan fingerprint density at radius 2 is 1.52 bits per heavy atom. The van der Waals surface area contributed by atoms with Gasteiger partial charge in [-0.25, -0.2) is 4.79 Å². The van der Waals surface area contributed by atoms with E-state index in [2.05, 4.69) is 0 Å². The van der Waals surface area contributed by atoms with Crippen LogP contribution in [0.4, 0.5) is 5.69 Å². The summed E-state index contributed by atoms with van der Waals surface area (Å²) in [6.07, 6.45) is 1.20. The lowest BCUT2D eigenvalue weighted by Gasteiger charge is -2.23. The van der Waals surface area contributed by atoms with E-state index >= 15 is 0 Å². The van der Waals surface area contributed by atoms with Gasteiger partial charge in [-0.05, 0) is 23.8 Å². The fourth-order valence-corrected chi connectivity index (χ4v) is 2.29. The van der Waals surface area contributed by atoms with Crippen LogP contribution in [0.2, 0.25) is 0 Å². The molecule has 4 heteroatoms. The van der Waals surface area contributed by atoms with Gasteiger partial charge in [-0.3, -0.25) is 4.79 Å². The van der Waals surface area contributed by atoms with E-state index in [0.717, 1.165) is 11.3 Å². The van der Waals surface area contributed by atoms with Gasteiger partial charge in [0.1, 0.15) is 6.26 Å². The minimum atomic E-state index is -0.476. The minimum absolute atomic E-state index is 0.219. The summed E-state index contributed by atoms with van der Waals surface area (Å²) in [6, 6.07) is 21.9. The predicted octanol–water partition coefficient (Wildman–Crippen LogP) is 3.49. The normalized spacial score (nSPS) is 10.3. The Bertz CT molecular complexity index is 821. The Labute approximate surface area is 133 Å². The molecule has 0 aliphatic carbocycles. The van der Waals surface area contributed by atoms with Crippen LogP contribution >= 0.6 is 0 Å². The van der Waals surface area contributed by atoms with E-state index < -0.39 is 5.63 Å². The summed E-state index contributed by atoms with van der Waals surface area (Å²) >= 11 is 0. The minimum Gasteiger partial charge on any atom is -0.430 e. The summed E-state index contributed by atoms with van der Waals surface area (Å²) in [4.78, 5) is 25.6. The zero-order valence-electron chi connectivity index (χ0n) is 12.4. The lowest BCUT2D eigenvalue weighted by atomic mass is 10.1. The Hall–Kier alpha value is -3.14. The Kier molecular flexibility index (Phi) is 4.34. The molecule has 3 rings (SSSR count). The zero-order chi connectivity index (χ0) is 16.1. The van der Waals surface area contributed by atoms with Crippen LogP contribution in [0.15, 0.2) is 88.3 Å². The third kappa shape index (κ3) is 3.55. The van der Waals surface area contributed by atoms with E-state index in [1.807, 2.05) is 60.7 Å². The molecule has 0 saturated carbocycles. The first-order valence-electron chi connectivity index (χ1n) is 7.24. The molecule has 0 fully saturated rings. The molecule has 0 aliphatic heterocycles. The number of anilines is 1. The van der Waals surface area contributed by atoms with Crippen LogP contribution in [-0.4, -0.2) is 5.91 Å². The molecule has 0 aliphatic rings. The highest BCUT2D eigenvalue weighted by Gasteiger charge is 2.18. The molecule has 0 saturated heterocycles. The third-order valence-corrected chi connectivity index (χ3v) is 3.44. The van der Waals surface area contributed by atoms with Gasteiger partial charge in [0.2, 0.25) is 0 Å². The van der Waals surface area contributed by atoms with Crippen molar-refractivity contribution in [1.29, 1.82) is 0 Å². The van der Waals surface area contributed by atoms with E-state index in [1.54, 1.807) is 4.90 Å². The van der Waals surface area contributed by atoms with E-state index in [-0.39, 0.29) is 5.91 Å². The van der Waals surface area contributed by atoms with Crippen molar-refractivity contribution in [3.05, 3.63) is 101 Å². The molecular formula is C19H15NO3. The van der Waals surface area contributed by atoms with Crippen LogP contribution < -0.4 is 10.5 Å². The van der Waals surface area contributed by atoms with Gasteiger partial charge in [-0.15, -0.1) is 0 Å². The van der Waals surface area contributed by atoms with Gasteiger partial charge in [0.05, 0.1) is 12.1 Å². The van der Waals surface area contributed by atoms with Crippen molar-refractivity contribution in [3.8, 4) is 0 Å². The standard InChI is InChI=1S/C19H15NO3/c21-18-12-11-16(14-23-18)19(22)20(17-9-5-2-6-10-17)13-15-7-3-1-4-8-15/h1-12,14H,13H2. The lowest BCUT2D eigenvalue weighted by molar-refractivity contribution is 0.0983. The largest absolute Gasteiger partial charge is 0.430 e. The summed E-state index contributed by atoms with van der Waals surface area (Å²) < 4.78 is 4.81. The maximum atomic E-state index is 12.8. The van der Waals surface area contributed by atoms with Gasteiger partial charge < -0.3 is 9.32 Å². The second kappa shape index (κ2) is 6.75. The second-order valence-corrected chi connectivity index (χ2v) is 5.06. The smallest absolute Gasteiger partial charge is 0.335 e. The SMILES string of the molecule is O=C(c1ccc(=O)oc1)N(Cc1ccccc1)c1ccccc1. The molecule has 0 radical (unpaired) electrons. The monoisotopic (exact) mass is 305 g/mol. The first-order valence-corrected chi connectivity index (χ1v) is 7.24.